The lowest BCUT2D eigenvalue weighted by molar-refractivity contribution is 0.0508. The molecule has 124 valence electrons. The average Bonchev–Trinajstić information content (AvgIpc) is 3.15. The fraction of sp³-hybridized carbons (Fsp3) is 0.143. The molecule has 0 amide bonds. The summed E-state index contributed by atoms with van der Waals surface area (Å²) < 4.78 is 7.42. The van der Waals surface area contributed by atoms with Crippen molar-refractivity contribution in [3.63, 3.8) is 0 Å². The van der Waals surface area contributed by atoms with Crippen LogP contribution in [0.15, 0.2) is 67.0 Å². The fourth-order valence-corrected chi connectivity index (χ4v) is 3.19. The van der Waals surface area contributed by atoms with Gasteiger partial charge in [0.1, 0.15) is 5.56 Å². The summed E-state index contributed by atoms with van der Waals surface area (Å²) in [5.41, 5.74) is 4.01. The first-order valence-electron chi connectivity index (χ1n) is 8.41. The van der Waals surface area contributed by atoms with Crippen LogP contribution in [-0.4, -0.2) is 22.0 Å². The number of rotatable bonds is 4. The fourth-order valence-electron chi connectivity index (χ4n) is 3.19. The number of esters is 1. The van der Waals surface area contributed by atoms with Gasteiger partial charge in [0.05, 0.1) is 12.1 Å². The first-order valence-corrected chi connectivity index (χ1v) is 8.41. The minimum absolute atomic E-state index is 0.331. The maximum Gasteiger partial charge on any atom is 0.342 e. The van der Waals surface area contributed by atoms with Gasteiger partial charge >= 0.3 is 5.97 Å². The number of nitrogens with zero attached hydrogens (tertiary/aromatic N) is 2. The van der Waals surface area contributed by atoms with Gasteiger partial charge in [-0.2, -0.15) is 0 Å². The molecule has 2 aromatic heterocycles. The van der Waals surface area contributed by atoms with Crippen LogP contribution < -0.4 is 0 Å². The largest absolute Gasteiger partial charge is 0.462 e. The zero-order chi connectivity index (χ0) is 17.2. The van der Waals surface area contributed by atoms with Crippen LogP contribution >= 0.6 is 0 Å². The molecule has 0 atom stereocenters. The molecule has 0 spiro atoms. The van der Waals surface area contributed by atoms with Gasteiger partial charge in [-0.3, -0.25) is 4.40 Å². The van der Waals surface area contributed by atoms with Gasteiger partial charge in [0.2, 0.25) is 0 Å². The molecule has 4 aromatic rings. The van der Waals surface area contributed by atoms with Crippen LogP contribution in [0, 0.1) is 0 Å². The summed E-state index contributed by atoms with van der Waals surface area (Å²) >= 11 is 0. The van der Waals surface area contributed by atoms with Gasteiger partial charge in [-0.25, -0.2) is 9.78 Å². The van der Waals surface area contributed by atoms with Gasteiger partial charge in [0, 0.05) is 23.3 Å². The minimum atomic E-state index is -0.331. The van der Waals surface area contributed by atoms with Gasteiger partial charge in [-0.05, 0) is 18.1 Å². The van der Waals surface area contributed by atoms with E-state index < -0.39 is 0 Å². The van der Waals surface area contributed by atoms with E-state index in [4.69, 9.17) is 4.74 Å². The van der Waals surface area contributed by atoms with Crippen molar-refractivity contribution in [2.24, 2.45) is 0 Å². The zero-order valence-electron chi connectivity index (χ0n) is 14.0. The minimum Gasteiger partial charge on any atom is -0.462 e. The molecule has 2 heterocycles. The van der Waals surface area contributed by atoms with Gasteiger partial charge in [0.15, 0.2) is 5.65 Å². The Balaban J connectivity index is 2.12. The molecule has 0 aliphatic heterocycles. The van der Waals surface area contributed by atoms with Crippen molar-refractivity contribution >= 4 is 22.5 Å². The summed E-state index contributed by atoms with van der Waals surface area (Å²) in [4.78, 5) is 17.3. The van der Waals surface area contributed by atoms with E-state index in [9.17, 15) is 4.79 Å². The van der Waals surface area contributed by atoms with Crippen LogP contribution in [0.25, 0.3) is 27.7 Å². The van der Waals surface area contributed by atoms with Crippen molar-refractivity contribution < 1.29 is 9.53 Å². The van der Waals surface area contributed by atoms with Crippen molar-refractivity contribution in [1.82, 2.24) is 9.38 Å². The molecular formula is C21H18N2O2. The second kappa shape index (κ2) is 6.40. The average molecular weight is 330 g/mol. The van der Waals surface area contributed by atoms with Gasteiger partial charge in [0.25, 0.3) is 0 Å². The highest BCUT2D eigenvalue weighted by Gasteiger charge is 2.23. The molecule has 0 aliphatic carbocycles. The van der Waals surface area contributed by atoms with Crippen molar-refractivity contribution in [3.8, 4) is 11.1 Å². The van der Waals surface area contributed by atoms with Crippen LogP contribution in [0.4, 0.5) is 0 Å². The highest BCUT2D eigenvalue weighted by atomic mass is 16.5. The molecule has 4 rings (SSSR count). The number of fused-ring (bicyclic) bond motifs is 3. The van der Waals surface area contributed by atoms with Crippen LogP contribution in [0.1, 0.15) is 23.7 Å². The molecule has 0 saturated carbocycles. The van der Waals surface area contributed by atoms with Crippen LogP contribution in [0.2, 0.25) is 0 Å². The molecule has 0 bridgehead atoms. The zero-order valence-corrected chi connectivity index (χ0v) is 14.0. The molecule has 0 unspecified atom stereocenters. The third kappa shape index (κ3) is 2.56. The molecule has 0 saturated heterocycles. The molecule has 2 aromatic carbocycles. The second-order valence-corrected chi connectivity index (χ2v) is 5.89. The lowest BCUT2D eigenvalue weighted by Crippen LogP contribution is -2.11. The molecule has 0 radical (unpaired) electrons. The van der Waals surface area contributed by atoms with Crippen LogP contribution in [0.3, 0.4) is 0 Å². The summed E-state index contributed by atoms with van der Waals surface area (Å²) in [6.07, 6.45) is 4.38. The van der Waals surface area contributed by atoms with E-state index in [2.05, 4.69) is 4.98 Å². The van der Waals surface area contributed by atoms with Gasteiger partial charge in [-0.1, -0.05) is 55.5 Å². The lowest BCUT2D eigenvalue weighted by atomic mass is 9.96. The number of pyridine rings is 1. The Hall–Kier alpha value is -3.14. The topological polar surface area (TPSA) is 43.6 Å². The number of hydrogen-bond acceptors (Lipinski definition) is 3. The number of imidazole rings is 1. The van der Waals surface area contributed by atoms with E-state index in [1.165, 1.54) is 0 Å². The normalized spacial score (nSPS) is 11.1. The predicted octanol–water partition coefficient (Wildman–Crippen LogP) is 4.72. The Kier molecular flexibility index (Phi) is 3.94. The summed E-state index contributed by atoms with van der Waals surface area (Å²) in [5.74, 6) is -0.331. The third-order valence-electron chi connectivity index (χ3n) is 4.25. The van der Waals surface area contributed by atoms with E-state index in [0.717, 1.165) is 28.5 Å². The smallest absolute Gasteiger partial charge is 0.342 e. The van der Waals surface area contributed by atoms with E-state index in [-0.39, 0.29) is 5.97 Å². The molecule has 0 aliphatic rings. The van der Waals surface area contributed by atoms with E-state index in [1.54, 1.807) is 6.20 Å². The molecule has 4 nitrogen and oxygen atoms in total. The number of hydrogen-bond donors (Lipinski definition) is 0. The quantitative estimate of drug-likeness (QED) is 0.508. The van der Waals surface area contributed by atoms with E-state index in [0.29, 0.717) is 17.8 Å². The van der Waals surface area contributed by atoms with Crippen molar-refractivity contribution in [1.29, 1.82) is 0 Å². The van der Waals surface area contributed by atoms with Crippen molar-refractivity contribution in [2.75, 3.05) is 6.61 Å². The first-order chi connectivity index (χ1) is 12.3. The Morgan fingerprint density at radius 3 is 2.64 bits per heavy atom. The number of ether oxygens (including phenoxy) is 1. The van der Waals surface area contributed by atoms with Crippen molar-refractivity contribution in [2.45, 2.75) is 13.3 Å². The molecular weight excluding hydrogens is 312 g/mol. The summed E-state index contributed by atoms with van der Waals surface area (Å²) in [5, 5.41) is 1.00. The van der Waals surface area contributed by atoms with E-state index in [1.807, 2.05) is 72.1 Å². The Labute approximate surface area is 145 Å². The molecule has 0 N–H and O–H groups in total. The number of benzene rings is 2. The van der Waals surface area contributed by atoms with E-state index >= 15 is 0 Å². The Morgan fingerprint density at radius 1 is 1.08 bits per heavy atom. The molecule has 0 fully saturated rings. The monoisotopic (exact) mass is 330 g/mol. The summed E-state index contributed by atoms with van der Waals surface area (Å²) in [6.45, 7) is 2.38. The summed E-state index contributed by atoms with van der Waals surface area (Å²) in [6, 6.07) is 18.0. The van der Waals surface area contributed by atoms with Crippen LogP contribution in [-0.2, 0) is 4.74 Å². The predicted molar refractivity (Wildman–Crippen MR) is 98.7 cm³/mol. The number of carbonyl (C=O) groups is 1. The maximum absolute atomic E-state index is 12.9. The molecule has 25 heavy (non-hydrogen) atoms. The maximum atomic E-state index is 12.9. The SMILES string of the molecule is CCCOC(=O)c1c(-c2ccccc2)c2ccccc2n2ccnc12. The Morgan fingerprint density at radius 2 is 1.84 bits per heavy atom. The second-order valence-electron chi connectivity index (χ2n) is 5.89. The molecule has 4 heteroatoms. The van der Waals surface area contributed by atoms with Gasteiger partial charge < -0.3 is 4.74 Å². The lowest BCUT2D eigenvalue weighted by Gasteiger charge is -2.15. The highest BCUT2D eigenvalue weighted by molar-refractivity contribution is 6.11. The standard InChI is InChI=1S/C21H18N2O2/c1-2-14-25-21(24)19-18(15-8-4-3-5-9-15)16-10-6-7-11-17(16)23-13-12-22-20(19)23/h3-13H,2,14H2,1H3. The van der Waals surface area contributed by atoms with Crippen LogP contribution in [0.5, 0.6) is 0 Å². The number of carbonyl (C=O) groups excluding carboxylic acids is 1. The number of para-hydroxylation sites is 1. The number of aromatic nitrogens is 2. The third-order valence-corrected chi connectivity index (χ3v) is 4.25. The Bertz CT molecular complexity index is 1050. The van der Waals surface area contributed by atoms with Crippen molar-refractivity contribution in [3.05, 3.63) is 72.6 Å². The summed E-state index contributed by atoms with van der Waals surface area (Å²) in [7, 11) is 0. The highest BCUT2D eigenvalue weighted by Crippen LogP contribution is 2.35. The van der Waals surface area contributed by atoms with Gasteiger partial charge in [-0.15, -0.1) is 0 Å². The first kappa shape index (κ1) is 15.4.